The van der Waals surface area contributed by atoms with E-state index in [4.69, 9.17) is 9.47 Å². The van der Waals surface area contributed by atoms with E-state index in [0.717, 1.165) is 18.6 Å². The second-order valence-electron chi connectivity index (χ2n) is 8.42. The number of benzene rings is 2. The molecule has 0 saturated carbocycles. The molecular formula is C26H30N4O4. The molecule has 0 aliphatic carbocycles. The molecule has 0 spiro atoms. The SMILES string of the molecule is O=C(Cn1cc(NC(=O)CCOc2ccccc2)cn1)NCC1(c2ccccc2)CCOCC1. The number of anilines is 1. The highest BCUT2D eigenvalue weighted by Gasteiger charge is 2.34. The maximum absolute atomic E-state index is 12.6. The Labute approximate surface area is 199 Å². The molecule has 2 amide bonds. The first-order valence-corrected chi connectivity index (χ1v) is 11.5. The molecule has 178 valence electrons. The highest BCUT2D eigenvalue weighted by Crippen LogP contribution is 2.34. The summed E-state index contributed by atoms with van der Waals surface area (Å²) in [5.41, 5.74) is 1.64. The van der Waals surface area contributed by atoms with Gasteiger partial charge < -0.3 is 20.1 Å². The molecule has 0 unspecified atom stereocenters. The van der Waals surface area contributed by atoms with E-state index in [-0.39, 0.29) is 36.8 Å². The highest BCUT2D eigenvalue weighted by molar-refractivity contribution is 5.90. The van der Waals surface area contributed by atoms with E-state index in [0.29, 0.717) is 25.4 Å². The van der Waals surface area contributed by atoms with Crippen molar-refractivity contribution >= 4 is 17.5 Å². The smallest absolute Gasteiger partial charge is 0.241 e. The van der Waals surface area contributed by atoms with Gasteiger partial charge in [-0.2, -0.15) is 5.10 Å². The third-order valence-electron chi connectivity index (χ3n) is 6.02. The van der Waals surface area contributed by atoms with Crippen molar-refractivity contribution < 1.29 is 19.1 Å². The second-order valence-corrected chi connectivity index (χ2v) is 8.42. The number of ether oxygens (including phenoxy) is 2. The van der Waals surface area contributed by atoms with Gasteiger partial charge in [0.15, 0.2) is 0 Å². The van der Waals surface area contributed by atoms with Gasteiger partial charge in [-0.1, -0.05) is 48.5 Å². The highest BCUT2D eigenvalue weighted by atomic mass is 16.5. The average Bonchev–Trinajstić information content (AvgIpc) is 3.31. The lowest BCUT2D eigenvalue weighted by Crippen LogP contribution is -2.45. The van der Waals surface area contributed by atoms with Gasteiger partial charge in [-0.3, -0.25) is 14.3 Å². The summed E-state index contributed by atoms with van der Waals surface area (Å²) < 4.78 is 12.6. The molecule has 1 saturated heterocycles. The minimum absolute atomic E-state index is 0.0777. The average molecular weight is 463 g/mol. The van der Waals surface area contributed by atoms with Gasteiger partial charge in [-0.25, -0.2) is 0 Å². The van der Waals surface area contributed by atoms with E-state index in [1.54, 1.807) is 6.20 Å². The maximum atomic E-state index is 12.6. The first kappa shape index (κ1) is 23.5. The number of rotatable bonds is 10. The van der Waals surface area contributed by atoms with Gasteiger partial charge in [0.1, 0.15) is 12.3 Å². The van der Waals surface area contributed by atoms with Crippen molar-refractivity contribution in [1.29, 1.82) is 0 Å². The molecule has 1 aliphatic rings. The number of nitrogens with zero attached hydrogens (tertiary/aromatic N) is 2. The van der Waals surface area contributed by atoms with Crippen LogP contribution in [0.4, 0.5) is 5.69 Å². The minimum atomic E-state index is -0.177. The van der Waals surface area contributed by atoms with Gasteiger partial charge in [-0.15, -0.1) is 0 Å². The van der Waals surface area contributed by atoms with Crippen molar-refractivity contribution in [1.82, 2.24) is 15.1 Å². The summed E-state index contributed by atoms with van der Waals surface area (Å²) in [5, 5.41) is 10.1. The first-order chi connectivity index (χ1) is 16.6. The van der Waals surface area contributed by atoms with Crippen LogP contribution in [0.3, 0.4) is 0 Å². The number of amides is 2. The number of hydrogen-bond acceptors (Lipinski definition) is 5. The molecule has 8 nitrogen and oxygen atoms in total. The largest absolute Gasteiger partial charge is 0.493 e. The molecule has 8 heteroatoms. The summed E-state index contributed by atoms with van der Waals surface area (Å²) in [5.74, 6) is 0.423. The molecule has 2 N–H and O–H groups in total. The van der Waals surface area contributed by atoms with E-state index >= 15 is 0 Å². The van der Waals surface area contributed by atoms with E-state index in [2.05, 4.69) is 27.9 Å². The molecule has 1 fully saturated rings. The van der Waals surface area contributed by atoms with Gasteiger partial charge in [0.2, 0.25) is 11.8 Å². The van der Waals surface area contributed by atoms with Crippen LogP contribution >= 0.6 is 0 Å². The van der Waals surface area contributed by atoms with Crippen molar-refractivity contribution in [3.8, 4) is 5.75 Å². The molecule has 34 heavy (non-hydrogen) atoms. The zero-order valence-corrected chi connectivity index (χ0v) is 19.1. The van der Waals surface area contributed by atoms with Crippen molar-refractivity contribution in [3.63, 3.8) is 0 Å². The molecule has 2 aromatic carbocycles. The van der Waals surface area contributed by atoms with Crippen molar-refractivity contribution in [3.05, 3.63) is 78.6 Å². The minimum Gasteiger partial charge on any atom is -0.493 e. The van der Waals surface area contributed by atoms with Crippen LogP contribution in [0.5, 0.6) is 5.75 Å². The van der Waals surface area contributed by atoms with E-state index in [1.165, 1.54) is 16.4 Å². The van der Waals surface area contributed by atoms with Crippen LogP contribution < -0.4 is 15.4 Å². The molecule has 4 rings (SSSR count). The fourth-order valence-electron chi connectivity index (χ4n) is 4.11. The molecule has 1 aliphatic heterocycles. The molecule has 1 aromatic heterocycles. The van der Waals surface area contributed by atoms with Crippen LogP contribution in [0.2, 0.25) is 0 Å². The summed E-state index contributed by atoms with van der Waals surface area (Å²) in [4.78, 5) is 24.8. The van der Waals surface area contributed by atoms with Gasteiger partial charge in [0.25, 0.3) is 0 Å². The topological polar surface area (TPSA) is 94.5 Å². The van der Waals surface area contributed by atoms with E-state index < -0.39 is 0 Å². The number of aromatic nitrogens is 2. The van der Waals surface area contributed by atoms with Crippen molar-refractivity contribution in [2.75, 3.05) is 31.7 Å². The van der Waals surface area contributed by atoms with Gasteiger partial charge in [0.05, 0.1) is 24.9 Å². The Balaban J connectivity index is 1.24. The van der Waals surface area contributed by atoms with Crippen LogP contribution in [-0.4, -0.2) is 48.0 Å². The predicted molar refractivity (Wildman–Crippen MR) is 129 cm³/mol. The monoisotopic (exact) mass is 462 g/mol. The van der Waals surface area contributed by atoms with Crippen molar-refractivity contribution in [2.45, 2.75) is 31.2 Å². The number of carbonyl (C=O) groups is 2. The van der Waals surface area contributed by atoms with Gasteiger partial charge in [-0.05, 0) is 30.5 Å². The molecule has 2 heterocycles. The predicted octanol–water partition coefficient (Wildman–Crippen LogP) is 3.16. The summed E-state index contributed by atoms with van der Waals surface area (Å²) in [6, 6.07) is 19.6. The molecule has 3 aromatic rings. The van der Waals surface area contributed by atoms with Gasteiger partial charge in [0, 0.05) is 31.4 Å². The summed E-state index contributed by atoms with van der Waals surface area (Å²) in [6.45, 7) is 2.27. The Kier molecular flexibility index (Phi) is 7.93. The van der Waals surface area contributed by atoms with Crippen LogP contribution in [0.1, 0.15) is 24.8 Å². The number of nitrogens with one attached hydrogen (secondary N) is 2. The standard InChI is InChI=1S/C26H30N4O4/c31-24(11-14-34-23-9-5-2-6-10-23)29-22-17-28-30(18-22)19-25(32)27-20-26(12-15-33-16-13-26)21-7-3-1-4-8-21/h1-10,17-18H,11-16,19-20H2,(H,27,32)(H,29,31). The fourth-order valence-corrected chi connectivity index (χ4v) is 4.11. The third kappa shape index (κ3) is 6.45. The lowest BCUT2D eigenvalue weighted by Gasteiger charge is -2.38. The Morgan fingerprint density at radius 1 is 1.00 bits per heavy atom. The summed E-state index contributed by atoms with van der Waals surface area (Å²) in [6.07, 6.45) is 5.13. The summed E-state index contributed by atoms with van der Waals surface area (Å²) >= 11 is 0. The van der Waals surface area contributed by atoms with E-state index in [1.807, 2.05) is 48.5 Å². The molecule has 0 bridgehead atoms. The lowest BCUT2D eigenvalue weighted by atomic mass is 9.74. The Hall–Kier alpha value is -3.65. The van der Waals surface area contributed by atoms with Gasteiger partial charge >= 0.3 is 0 Å². The van der Waals surface area contributed by atoms with Crippen LogP contribution in [0.25, 0.3) is 0 Å². The quantitative estimate of drug-likeness (QED) is 0.483. The third-order valence-corrected chi connectivity index (χ3v) is 6.02. The zero-order chi connectivity index (χ0) is 23.6. The lowest BCUT2D eigenvalue weighted by molar-refractivity contribution is -0.122. The number of carbonyl (C=O) groups excluding carboxylic acids is 2. The first-order valence-electron chi connectivity index (χ1n) is 11.5. The Morgan fingerprint density at radius 2 is 1.71 bits per heavy atom. The van der Waals surface area contributed by atoms with E-state index in [9.17, 15) is 9.59 Å². The normalized spacial score (nSPS) is 14.8. The molecular weight excluding hydrogens is 432 g/mol. The van der Waals surface area contributed by atoms with Crippen LogP contribution in [0, 0.1) is 0 Å². The second kappa shape index (κ2) is 11.5. The Bertz CT molecular complexity index is 1060. The molecule has 0 radical (unpaired) electrons. The fraction of sp³-hybridized carbons (Fsp3) is 0.346. The number of para-hydroxylation sites is 1. The maximum Gasteiger partial charge on any atom is 0.241 e. The zero-order valence-electron chi connectivity index (χ0n) is 19.1. The van der Waals surface area contributed by atoms with Crippen LogP contribution in [-0.2, 0) is 26.3 Å². The number of hydrogen-bond donors (Lipinski definition) is 2. The van der Waals surface area contributed by atoms with Crippen LogP contribution in [0.15, 0.2) is 73.1 Å². The Morgan fingerprint density at radius 3 is 2.44 bits per heavy atom. The summed E-state index contributed by atoms with van der Waals surface area (Å²) in [7, 11) is 0. The van der Waals surface area contributed by atoms with Crippen molar-refractivity contribution in [2.24, 2.45) is 0 Å². The molecule has 0 atom stereocenters.